The monoisotopic (exact) mass is 404 g/mol. The van der Waals surface area contributed by atoms with Gasteiger partial charge in [-0.3, -0.25) is 19.2 Å². The van der Waals surface area contributed by atoms with E-state index >= 15 is 0 Å². The third kappa shape index (κ3) is 9.28. The predicted molar refractivity (Wildman–Crippen MR) is 95.9 cm³/mol. The number of aliphatic hydroxyl groups is 1. The Morgan fingerprint density at radius 3 is 1.96 bits per heavy atom. The van der Waals surface area contributed by atoms with Gasteiger partial charge in [0.2, 0.25) is 17.7 Å². The van der Waals surface area contributed by atoms with Crippen molar-refractivity contribution in [3.63, 3.8) is 0 Å². The molecule has 0 aliphatic heterocycles. The third-order valence-corrected chi connectivity index (χ3v) is 3.79. The minimum Gasteiger partial charge on any atom is -0.481 e. The van der Waals surface area contributed by atoms with Crippen LogP contribution < -0.4 is 21.7 Å². The minimum atomic E-state index is -1.51. The molecule has 3 amide bonds. The number of amides is 3. The first kappa shape index (κ1) is 25.3. The largest absolute Gasteiger partial charge is 0.481 e. The molecule has 0 saturated heterocycles. The average molecular weight is 404 g/mol. The van der Waals surface area contributed by atoms with E-state index in [0.29, 0.717) is 0 Å². The van der Waals surface area contributed by atoms with E-state index in [2.05, 4.69) is 16.0 Å². The number of aliphatic hydroxyl groups excluding tert-OH is 1. The first-order valence-electron chi connectivity index (χ1n) is 8.62. The van der Waals surface area contributed by atoms with Crippen LogP contribution in [0.4, 0.5) is 0 Å². The van der Waals surface area contributed by atoms with Crippen LogP contribution in [0.5, 0.6) is 0 Å². The quantitative estimate of drug-likeness (QED) is 0.181. The van der Waals surface area contributed by atoms with Gasteiger partial charge in [-0.1, -0.05) is 13.8 Å². The standard InChI is InChI=1S/C16H28N4O8/c1-7(2)12(17)14(25)18-6-10(22)20-13(8(3)21)15(26)19-9(16(27)28)4-5-11(23)24/h7-9,12-13,21H,4-6,17H2,1-3H3,(H,18,25)(H,19,26)(H,20,22)(H,23,24)(H,27,28). The Bertz CT molecular complexity index is 593. The fourth-order valence-electron chi connectivity index (χ4n) is 2.00. The smallest absolute Gasteiger partial charge is 0.326 e. The predicted octanol–water partition coefficient (Wildman–Crippen LogP) is -2.61. The summed E-state index contributed by atoms with van der Waals surface area (Å²) >= 11 is 0. The van der Waals surface area contributed by atoms with Crippen LogP contribution in [0.1, 0.15) is 33.6 Å². The second-order valence-electron chi connectivity index (χ2n) is 6.61. The maximum absolute atomic E-state index is 12.2. The Hall–Kier alpha value is -2.73. The Balaban J connectivity index is 4.85. The van der Waals surface area contributed by atoms with Crippen molar-refractivity contribution in [2.75, 3.05) is 6.54 Å². The molecule has 0 aromatic rings. The molecule has 12 nitrogen and oxygen atoms in total. The molecule has 0 aromatic carbocycles. The van der Waals surface area contributed by atoms with Gasteiger partial charge in [0.15, 0.2) is 0 Å². The molecule has 0 radical (unpaired) electrons. The SMILES string of the molecule is CC(C)C(N)C(=O)NCC(=O)NC(C(=O)NC(CCC(=O)O)C(=O)O)C(C)O. The zero-order chi connectivity index (χ0) is 22.0. The fraction of sp³-hybridized carbons (Fsp3) is 0.688. The van der Waals surface area contributed by atoms with Gasteiger partial charge < -0.3 is 37.0 Å². The van der Waals surface area contributed by atoms with Crippen molar-refractivity contribution in [3.8, 4) is 0 Å². The Labute approximate surface area is 161 Å². The summed E-state index contributed by atoms with van der Waals surface area (Å²) in [5.41, 5.74) is 5.63. The highest BCUT2D eigenvalue weighted by Crippen LogP contribution is 2.01. The number of carbonyl (C=O) groups is 5. The lowest BCUT2D eigenvalue weighted by atomic mass is 10.1. The molecule has 28 heavy (non-hydrogen) atoms. The summed E-state index contributed by atoms with van der Waals surface area (Å²) in [6.45, 7) is 4.14. The molecule has 0 fully saturated rings. The normalized spacial score (nSPS) is 15.1. The lowest BCUT2D eigenvalue weighted by Gasteiger charge is -2.23. The summed E-state index contributed by atoms with van der Waals surface area (Å²) in [6, 6.07) is -3.84. The van der Waals surface area contributed by atoms with E-state index in [-0.39, 0.29) is 12.3 Å². The van der Waals surface area contributed by atoms with E-state index in [1.807, 2.05) is 0 Å². The van der Waals surface area contributed by atoms with Crippen molar-refractivity contribution >= 4 is 29.7 Å². The van der Waals surface area contributed by atoms with Crippen LogP contribution in [-0.4, -0.2) is 75.8 Å². The summed E-state index contributed by atoms with van der Waals surface area (Å²) in [5, 5.41) is 33.9. The van der Waals surface area contributed by atoms with Crippen LogP contribution in [0.3, 0.4) is 0 Å². The van der Waals surface area contributed by atoms with Gasteiger partial charge in [-0.05, 0) is 19.3 Å². The molecule has 160 valence electrons. The molecular formula is C16H28N4O8. The van der Waals surface area contributed by atoms with Crippen molar-refractivity contribution in [2.24, 2.45) is 11.7 Å². The first-order valence-corrected chi connectivity index (χ1v) is 8.62. The number of carboxylic acid groups (broad SMARTS) is 2. The average Bonchev–Trinajstić information content (AvgIpc) is 2.59. The zero-order valence-electron chi connectivity index (χ0n) is 16.0. The van der Waals surface area contributed by atoms with Gasteiger partial charge in [0, 0.05) is 6.42 Å². The number of nitrogens with two attached hydrogens (primary N) is 1. The van der Waals surface area contributed by atoms with E-state index < -0.39 is 66.9 Å². The van der Waals surface area contributed by atoms with E-state index in [1.54, 1.807) is 13.8 Å². The zero-order valence-corrected chi connectivity index (χ0v) is 16.0. The van der Waals surface area contributed by atoms with E-state index in [4.69, 9.17) is 15.9 Å². The second-order valence-corrected chi connectivity index (χ2v) is 6.61. The molecule has 0 saturated carbocycles. The molecule has 0 spiro atoms. The summed E-state index contributed by atoms with van der Waals surface area (Å²) in [6.07, 6.45) is -2.25. The highest BCUT2D eigenvalue weighted by atomic mass is 16.4. The molecule has 8 N–H and O–H groups in total. The van der Waals surface area contributed by atoms with Crippen molar-refractivity contribution in [2.45, 2.75) is 57.8 Å². The topological polar surface area (TPSA) is 208 Å². The van der Waals surface area contributed by atoms with Gasteiger partial charge in [0.25, 0.3) is 0 Å². The number of aliphatic carboxylic acids is 2. The number of carbonyl (C=O) groups excluding carboxylic acids is 3. The third-order valence-electron chi connectivity index (χ3n) is 3.79. The van der Waals surface area contributed by atoms with Crippen molar-refractivity contribution in [1.29, 1.82) is 0 Å². The van der Waals surface area contributed by atoms with Gasteiger partial charge >= 0.3 is 11.9 Å². The van der Waals surface area contributed by atoms with Crippen LogP contribution in [0.2, 0.25) is 0 Å². The van der Waals surface area contributed by atoms with Gasteiger partial charge in [0.05, 0.1) is 18.7 Å². The van der Waals surface area contributed by atoms with Crippen molar-refractivity contribution in [1.82, 2.24) is 16.0 Å². The number of carboxylic acids is 2. The summed E-state index contributed by atoms with van der Waals surface area (Å²) in [4.78, 5) is 57.6. The minimum absolute atomic E-state index is 0.155. The molecule has 0 rings (SSSR count). The van der Waals surface area contributed by atoms with Crippen LogP contribution in [0, 0.1) is 5.92 Å². The number of rotatable bonds is 12. The van der Waals surface area contributed by atoms with E-state index in [1.165, 1.54) is 6.92 Å². The van der Waals surface area contributed by atoms with Crippen molar-refractivity contribution < 1.29 is 39.3 Å². The van der Waals surface area contributed by atoms with Crippen molar-refractivity contribution in [3.05, 3.63) is 0 Å². The molecule has 12 heteroatoms. The Morgan fingerprint density at radius 2 is 1.54 bits per heavy atom. The van der Waals surface area contributed by atoms with Gasteiger partial charge in [-0.2, -0.15) is 0 Å². The lowest BCUT2D eigenvalue weighted by molar-refractivity contribution is -0.144. The van der Waals surface area contributed by atoms with Gasteiger partial charge in [-0.25, -0.2) is 4.79 Å². The highest BCUT2D eigenvalue weighted by Gasteiger charge is 2.30. The van der Waals surface area contributed by atoms with Crippen LogP contribution >= 0.6 is 0 Å². The molecule has 4 unspecified atom stereocenters. The number of nitrogens with one attached hydrogen (secondary N) is 3. The van der Waals surface area contributed by atoms with Gasteiger partial charge in [-0.15, -0.1) is 0 Å². The fourth-order valence-corrected chi connectivity index (χ4v) is 2.00. The van der Waals surface area contributed by atoms with E-state index in [9.17, 15) is 29.1 Å². The molecule has 0 aliphatic rings. The highest BCUT2D eigenvalue weighted by molar-refractivity contribution is 5.93. The Morgan fingerprint density at radius 1 is 0.964 bits per heavy atom. The van der Waals surface area contributed by atoms with Crippen LogP contribution in [0.25, 0.3) is 0 Å². The second kappa shape index (κ2) is 11.9. The van der Waals surface area contributed by atoms with Gasteiger partial charge in [0.1, 0.15) is 12.1 Å². The molecule has 0 heterocycles. The van der Waals surface area contributed by atoms with Crippen LogP contribution in [0.15, 0.2) is 0 Å². The maximum atomic E-state index is 12.2. The summed E-state index contributed by atoms with van der Waals surface area (Å²) in [5.74, 6) is -5.23. The molecule has 4 atom stereocenters. The first-order chi connectivity index (χ1) is 12.9. The molecule has 0 aliphatic carbocycles. The number of hydrogen-bond donors (Lipinski definition) is 7. The molecule has 0 aromatic heterocycles. The Kier molecular flexibility index (Phi) is 10.7. The molecule has 0 bridgehead atoms. The summed E-state index contributed by atoms with van der Waals surface area (Å²) in [7, 11) is 0. The maximum Gasteiger partial charge on any atom is 0.326 e. The van der Waals surface area contributed by atoms with E-state index in [0.717, 1.165) is 0 Å². The summed E-state index contributed by atoms with van der Waals surface area (Å²) < 4.78 is 0. The lowest BCUT2D eigenvalue weighted by Crippen LogP contribution is -2.57. The molecular weight excluding hydrogens is 376 g/mol. The number of hydrogen-bond acceptors (Lipinski definition) is 7. The van der Waals surface area contributed by atoms with Crippen LogP contribution in [-0.2, 0) is 24.0 Å².